The zero-order valence-electron chi connectivity index (χ0n) is 14.3. The summed E-state index contributed by atoms with van der Waals surface area (Å²) < 4.78 is 32.8. The zero-order chi connectivity index (χ0) is 17.3. The van der Waals surface area contributed by atoms with Crippen LogP contribution in [-0.4, -0.2) is 32.0 Å². The van der Waals surface area contributed by atoms with Gasteiger partial charge in [-0.1, -0.05) is 28.1 Å². The first-order valence-electron chi connectivity index (χ1n) is 7.67. The van der Waals surface area contributed by atoms with Crippen LogP contribution in [0.25, 0.3) is 5.57 Å². The highest BCUT2D eigenvalue weighted by Crippen LogP contribution is 2.40. The first kappa shape index (κ1) is 18.7. The van der Waals surface area contributed by atoms with Gasteiger partial charge in [0.1, 0.15) is 5.73 Å². The number of hydrogen-bond donors (Lipinski definition) is 0. The van der Waals surface area contributed by atoms with Crippen molar-refractivity contribution in [3.8, 4) is 0 Å². The number of benzene rings is 1. The summed E-state index contributed by atoms with van der Waals surface area (Å²) >= 11 is 3.43. The van der Waals surface area contributed by atoms with Crippen molar-refractivity contribution < 1.29 is 18.4 Å². The summed E-state index contributed by atoms with van der Waals surface area (Å²) in [7, 11) is 0.608. The van der Waals surface area contributed by atoms with E-state index in [1.807, 2.05) is 52.0 Å². The van der Waals surface area contributed by atoms with Crippen LogP contribution in [0.3, 0.4) is 0 Å². The minimum Gasteiger partial charge on any atom is -0.398 e. The van der Waals surface area contributed by atoms with Crippen molar-refractivity contribution in [1.29, 1.82) is 0 Å². The third kappa shape index (κ3) is 4.05. The fourth-order valence-corrected chi connectivity index (χ4v) is 2.77. The molecule has 0 saturated carbocycles. The molecule has 6 heteroatoms. The van der Waals surface area contributed by atoms with Gasteiger partial charge in [-0.25, -0.2) is 4.39 Å². The Labute approximate surface area is 146 Å². The predicted molar refractivity (Wildman–Crippen MR) is 94.7 cm³/mol. The molecule has 1 fully saturated rings. The third-order valence-electron chi connectivity index (χ3n) is 4.48. The molecule has 126 valence electrons. The van der Waals surface area contributed by atoms with Crippen LogP contribution in [0.5, 0.6) is 0 Å². The highest BCUT2D eigenvalue weighted by molar-refractivity contribution is 9.10. The molecule has 0 unspecified atom stereocenters. The maximum Gasteiger partial charge on any atom is 0.525 e. The molecule has 1 heterocycles. The zero-order valence-corrected chi connectivity index (χ0v) is 15.9. The van der Waals surface area contributed by atoms with Gasteiger partial charge in [-0.05, 0) is 57.4 Å². The van der Waals surface area contributed by atoms with E-state index in [1.54, 1.807) is 7.11 Å². The van der Waals surface area contributed by atoms with Crippen LogP contribution in [0.1, 0.15) is 39.7 Å². The fourth-order valence-electron chi connectivity index (χ4n) is 2.37. The highest BCUT2D eigenvalue weighted by atomic mass is 79.9. The van der Waals surface area contributed by atoms with Gasteiger partial charge < -0.3 is 14.0 Å². The van der Waals surface area contributed by atoms with E-state index in [0.717, 1.165) is 10.0 Å². The van der Waals surface area contributed by atoms with Crippen LogP contribution >= 0.6 is 15.9 Å². The monoisotopic (exact) mass is 384 g/mol. The van der Waals surface area contributed by atoms with E-state index in [0.29, 0.717) is 18.6 Å². The van der Waals surface area contributed by atoms with E-state index >= 15 is 4.39 Å². The summed E-state index contributed by atoms with van der Waals surface area (Å²) in [6.07, 6.45) is 0.447. The minimum absolute atomic E-state index is 0.390. The van der Waals surface area contributed by atoms with Crippen molar-refractivity contribution >= 4 is 28.6 Å². The summed E-state index contributed by atoms with van der Waals surface area (Å²) in [5.41, 5.74) is -0.189. The van der Waals surface area contributed by atoms with Gasteiger partial charge in [-0.3, -0.25) is 0 Å². The van der Waals surface area contributed by atoms with Gasteiger partial charge in [-0.15, -0.1) is 0 Å². The summed E-state index contributed by atoms with van der Waals surface area (Å²) in [5, 5.41) is 0. The molecule has 1 aliphatic heterocycles. The topological polar surface area (TPSA) is 27.7 Å². The smallest absolute Gasteiger partial charge is 0.398 e. The molecule has 1 aliphatic rings. The third-order valence-corrected chi connectivity index (χ3v) is 4.97. The van der Waals surface area contributed by atoms with Gasteiger partial charge in [0, 0.05) is 11.6 Å². The lowest BCUT2D eigenvalue weighted by atomic mass is 9.82. The van der Waals surface area contributed by atoms with Crippen LogP contribution in [-0.2, 0) is 14.0 Å². The molecule has 0 radical (unpaired) electrons. The molecule has 0 amide bonds. The Kier molecular flexibility index (Phi) is 5.72. The number of ether oxygens (including phenoxy) is 1. The Hall–Kier alpha value is -0.685. The Balaban J connectivity index is 2.39. The Morgan fingerprint density at radius 1 is 1.22 bits per heavy atom. The van der Waals surface area contributed by atoms with Gasteiger partial charge in [0.15, 0.2) is 0 Å². The molecule has 2 rings (SSSR count). The molecule has 1 aromatic carbocycles. The molecule has 0 spiro atoms. The molecule has 0 aromatic heterocycles. The van der Waals surface area contributed by atoms with Gasteiger partial charge in [0.05, 0.1) is 17.8 Å². The molecule has 0 atom stereocenters. The van der Waals surface area contributed by atoms with Crippen molar-refractivity contribution in [2.24, 2.45) is 0 Å². The van der Waals surface area contributed by atoms with Crippen molar-refractivity contribution in [3.63, 3.8) is 0 Å². The van der Waals surface area contributed by atoms with Crippen LogP contribution in [0.4, 0.5) is 4.39 Å². The second-order valence-corrected chi connectivity index (χ2v) is 7.58. The van der Waals surface area contributed by atoms with Crippen molar-refractivity contribution in [3.05, 3.63) is 40.0 Å². The first-order chi connectivity index (χ1) is 10.7. The van der Waals surface area contributed by atoms with Crippen molar-refractivity contribution in [2.45, 2.75) is 45.3 Å². The molecule has 3 nitrogen and oxygen atoms in total. The molecular weight excluding hydrogens is 362 g/mol. The summed E-state index contributed by atoms with van der Waals surface area (Å²) in [6, 6.07) is 7.55. The van der Waals surface area contributed by atoms with Crippen molar-refractivity contribution in [2.75, 3.05) is 13.7 Å². The average Bonchev–Trinajstić information content (AvgIpc) is 2.68. The SMILES string of the molecule is COCCC(=C(F)B1OC(C)(C)C(C)(C)O1)c1cccc(Br)c1. The molecule has 0 bridgehead atoms. The molecule has 0 aliphatic carbocycles. The molecule has 23 heavy (non-hydrogen) atoms. The lowest BCUT2D eigenvalue weighted by Crippen LogP contribution is -2.41. The van der Waals surface area contributed by atoms with Crippen LogP contribution in [0, 0.1) is 0 Å². The number of rotatable bonds is 5. The normalized spacial score (nSPS) is 20.6. The van der Waals surface area contributed by atoms with Crippen LogP contribution in [0.15, 0.2) is 34.5 Å². The van der Waals surface area contributed by atoms with Crippen LogP contribution < -0.4 is 0 Å². The maximum absolute atomic E-state index is 15.2. The molecule has 1 aromatic rings. The van der Waals surface area contributed by atoms with Gasteiger partial charge in [0.25, 0.3) is 0 Å². The van der Waals surface area contributed by atoms with Crippen LogP contribution in [0.2, 0.25) is 0 Å². The standard InChI is InChI=1S/C17H23BBrFO3/c1-16(2)17(3,4)23-18(22-16)15(20)14(9-10-21-5)12-7-6-8-13(19)11-12/h6-8,11H,9-10H2,1-5H3. The molecular formula is C17H23BBrFO3. The maximum atomic E-state index is 15.2. The average molecular weight is 385 g/mol. The van der Waals surface area contributed by atoms with Crippen molar-refractivity contribution in [1.82, 2.24) is 0 Å². The van der Waals surface area contributed by atoms with Gasteiger partial charge in [0.2, 0.25) is 0 Å². The summed E-state index contributed by atoms with van der Waals surface area (Å²) in [5.74, 6) is 0. The largest absolute Gasteiger partial charge is 0.525 e. The van der Waals surface area contributed by atoms with E-state index in [1.165, 1.54) is 0 Å². The second kappa shape index (κ2) is 7.05. The summed E-state index contributed by atoms with van der Waals surface area (Å²) in [6.45, 7) is 8.07. The number of hydrogen-bond acceptors (Lipinski definition) is 3. The van der Waals surface area contributed by atoms with Gasteiger partial charge >= 0.3 is 7.12 Å². The Morgan fingerprint density at radius 2 is 1.83 bits per heavy atom. The molecule has 1 saturated heterocycles. The Bertz CT molecular complexity index is 585. The lowest BCUT2D eigenvalue weighted by Gasteiger charge is -2.32. The van der Waals surface area contributed by atoms with E-state index in [9.17, 15) is 0 Å². The second-order valence-electron chi connectivity index (χ2n) is 6.67. The fraction of sp³-hybridized carbons (Fsp3) is 0.529. The number of methoxy groups -OCH3 is 1. The highest BCUT2D eigenvalue weighted by Gasteiger charge is 2.53. The quantitative estimate of drug-likeness (QED) is 0.682. The predicted octanol–water partition coefficient (Wildman–Crippen LogP) is 4.80. The Morgan fingerprint density at radius 3 is 2.35 bits per heavy atom. The van der Waals surface area contributed by atoms with E-state index in [2.05, 4.69) is 15.9 Å². The van der Waals surface area contributed by atoms with E-state index in [-0.39, 0.29) is 5.73 Å². The molecule has 0 N–H and O–H groups in total. The van der Waals surface area contributed by atoms with Gasteiger partial charge in [-0.2, -0.15) is 0 Å². The number of halogens is 2. The van der Waals surface area contributed by atoms with E-state index in [4.69, 9.17) is 14.0 Å². The first-order valence-corrected chi connectivity index (χ1v) is 8.46. The van der Waals surface area contributed by atoms with E-state index < -0.39 is 18.3 Å². The lowest BCUT2D eigenvalue weighted by molar-refractivity contribution is 0.00578. The minimum atomic E-state index is -0.995. The summed E-state index contributed by atoms with van der Waals surface area (Å²) in [4.78, 5) is 0.